The lowest BCUT2D eigenvalue weighted by Crippen LogP contribution is -2.24. The predicted molar refractivity (Wildman–Crippen MR) is 127 cm³/mol. The summed E-state index contributed by atoms with van der Waals surface area (Å²) in [4.78, 5) is 23.8. The molecular formula is C24H21Cl2N3O3. The number of ether oxygens (including phenoxy) is 1. The van der Waals surface area contributed by atoms with Crippen molar-refractivity contribution in [3.05, 3.63) is 93.5 Å². The van der Waals surface area contributed by atoms with Crippen LogP contribution in [0.5, 0.6) is 5.75 Å². The van der Waals surface area contributed by atoms with E-state index in [2.05, 4.69) is 15.8 Å². The van der Waals surface area contributed by atoms with Gasteiger partial charge in [-0.2, -0.15) is 5.10 Å². The molecule has 0 saturated heterocycles. The Kier molecular flexibility index (Phi) is 8.25. The van der Waals surface area contributed by atoms with E-state index >= 15 is 0 Å². The van der Waals surface area contributed by atoms with Crippen LogP contribution in [0.3, 0.4) is 0 Å². The van der Waals surface area contributed by atoms with Crippen LogP contribution in [0.4, 0.5) is 5.69 Å². The molecule has 0 fully saturated rings. The average Bonchev–Trinajstić information content (AvgIpc) is 2.75. The zero-order valence-corrected chi connectivity index (χ0v) is 18.8. The molecule has 8 heteroatoms. The van der Waals surface area contributed by atoms with Crippen molar-refractivity contribution in [3.63, 3.8) is 0 Å². The van der Waals surface area contributed by atoms with Crippen LogP contribution in [-0.4, -0.2) is 18.0 Å². The molecule has 164 valence electrons. The first-order valence-electron chi connectivity index (χ1n) is 9.74. The highest BCUT2D eigenvalue weighted by Crippen LogP contribution is 2.22. The highest BCUT2D eigenvalue weighted by atomic mass is 35.5. The predicted octanol–water partition coefficient (Wildman–Crippen LogP) is 5.36. The number of hydrogen-bond acceptors (Lipinski definition) is 4. The molecule has 3 rings (SSSR count). The molecule has 2 N–H and O–H groups in total. The van der Waals surface area contributed by atoms with Gasteiger partial charge in [0.2, 0.25) is 11.8 Å². The number of amides is 2. The van der Waals surface area contributed by atoms with Crippen molar-refractivity contribution < 1.29 is 14.3 Å². The molecule has 0 aromatic heterocycles. The number of carbonyl (C=O) groups is 2. The highest BCUT2D eigenvalue weighted by molar-refractivity contribution is 6.35. The van der Waals surface area contributed by atoms with Crippen molar-refractivity contribution in [1.29, 1.82) is 0 Å². The zero-order valence-electron chi connectivity index (χ0n) is 17.3. The quantitative estimate of drug-likeness (QED) is 0.264. The first kappa shape index (κ1) is 23.3. The Bertz CT molecular complexity index is 1110. The van der Waals surface area contributed by atoms with Crippen LogP contribution < -0.4 is 15.5 Å². The second kappa shape index (κ2) is 11.3. The van der Waals surface area contributed by atoms with Gasteiger partial charge in [-0.05, 0) is 61.0 Å². The molecule has 0 heterocycles. The van der Waals surface area contributed by atoms with Crippen LogP contribution in [0.15, 0.2) is 71.8 Å². The summed E-state index contributed by atoms with van der Waals surface area (Å²) in [6.45, 7) is 2.26. The lowest BCUT2D eigenvalue weighted by atomic mass is 10.2. The monoisotopic (exact) mass is 469 g/mol. The van der Waals surface area contributed by atoms with Crippen LogP contribution in [0, 0.1) is 6.92 Å². The Morgan fingerprint density at radius 2 is 1.69 bits per heavy atom. The summed E-state index contributed by atoms with van der Waals surface area (Å²) in [7, 11) is 0. The Hall–Kier alpha value is -3.35. The summed E-state index contributed by atoms with van der Waals surface area (Å²) in [5, 5.41) is 7.66. The molecule has 6 nitrogen and oxygen atoms in total. The van der Waals surface area contributed by atoms with Crippen LogP contribution in [0.25, 0.3) is 0 Å². The van der Waals surface area contributed by atoms with E-state index in [0.717, 1.165) is 16.7 Å². The number of benzene rings is 3. The minimum atomic E-state index is -0.509. The Balaban J connectivity index is 1.43. The maximum Gasteiger partial charge on any atom is 0.249 e. The van der Waals surface area contributed by atoms with E-state index in [1.54, 1.807) is 48.5 Å². The third-order valence-electron chi connectivity index (χ3n) is 4.35. The van der Waals surface area contributed by atoms with Crippen molar-refractivity contribution in [2.24, 2.45) is 5.10 Å². The normalized spacial score (nSPS) is 10.7. The molecule has 0 radical (unpaired) electrons. The Labute approximate surface area is 196 Å². The second-order valence-corrected chi connectivity index (χ2v) is 7.82. The molecule has 0 atom stereocenters. The number of hydrazone groups is 1. The lowest BCUT2D eigenvalue weighted by molar-refractivity contribution is -0.126. The van der Waals surface area contributed by atoms with Crippen LogP contribution in [-0.2, 0) is 16.2 Å². The maximum atomic E-state index is 11.9. The van der Waals surface area contributed by atoms with Crippen molar-refractivity contribution in [2.75, 3.05) is 5.32 Å². The van der Waals surface area contributed by atoms with E-state index in [1.165, 1.54) is 6.21 Å². The van der Waals surface area contributed by atoms with Gasteiger partial charge in [0.1, 0.15) is 18.8 Å². The first-order chi connectivity index (χ1) is 15.4. The van der Waals surface area contributed by atoms with E-state index in [9.17, 15) is 9.59 Å². The average molecular weight is 470 g/mol. The number of nitrogens with one attached hydrogen (secondary N) is 2. The van der Waals surface area contributed by atoms with E-state index in [-0.39, 0.29) is 6.42 Å². The van der Waals surface area contributed by atoms with Gasteiger partial charge < -0.3 is 10.1 Å². The largest absolute Gasteiger partial charge is 0.489 e. The minimum Gasteiger partial charge on any atom is -0.489 e. The van der Waals surface area contributed by atoms with Gasteiger partial charge in [0.25, 0.3) is 0 Å². The SMILES string of the molecule is Cc1ccc(NC(=O)CC(=O)NN=Cc2ccc(OCc3ccc(Cl)cc3Cl)cc2)cc1. The van der Waals surface area contributed by atoms with Gasteiger partial charge in [-0.15, -0.1) is 0 Å². The summed E-state index contributed by atoms with van der Waals surface area (Å²) in [5.74, 6) is -0.264. The topological polar surface area (TPSA) is 79.8 Å². The molecule has 0 bridgehead atoms. The van der Waals surface area contributed by atoms with Gasteiger partial charge in [0, 0.05) is 21.3 Å². The van der Waals surface area contributed by atoms with Gasteiger partial charge in [0.05, 0.1) is 6.21 Å². The molecule has 0 aliphatic carbocycles. The second-order valence-electron chi connectivity index (χ2n) is 6.98. The van der Waals surface area contributed by atoms with Crippen molar-refractivity contribution in [1.82, 2.24) is 5.43 Å². The maximum absolute atomic E-state index is 11.9. The van der Waals surface area contributed by atoms with Gasteiger partial charge in [-0.1, -0.05) is 47.0 Å². The van der Waals surface area contributed by atoms with Gasteiger partial charge in [0.15, 0.2) is 0 Å². The Morgan fingerprint density at radius 3 is 2.38 bits per heavy atom. The van der Waals surface area contributed by atoms with Gasteiger partial charge in [-0.3, -0.25) is 9.59 Å². The van der Waals surface area contributed by atoms with E-state index in [0.29, 0.717) is 28.1 Å². The summed E-state index contributed by atoms with van der Waals surface area (Å²) >= 11 is 12.0. The molecule has 3 aromatic rings. The third kappa shape index (κ3) is 7.41. The summed E-state index contributed by atoms with van der Waals surface area (Å²) in [6, 6.07) is 19.7. The van der Waals surface area contributed by atoms with Crippen molar-refractivity contribution >= 4 is 46.9 Å². The number of halogens is 2. The number of hydrogen-bond donors (Lipinski definition) is 2. The van der Waals surface area contributed by atoms with Crippen molar-refractivity contribution in [2.45, 2.75) is 20.0 Å². The highest BCUT2D eigenvalue weighted by Gasteiger charge is 2.09. The molecule has 0 spiro atoms. The smallest absolute Gasteiger partial charge is 0.249 e. The molecule has 3 aromatic carbocycles. The zero-order chi connectivity index (χ0) is 22.9. The summed E-state index contributed by atoms with van der Waals surface area (Å²) in [6.07, 6.45) is 1.15. The summed E-state index contributed by atoms with van der Waals surface area (Å²) < 4.78 is 5.72. The fraction of sp³-hybridized carbons (Fsp3) is 0.125. The molecular weight excluding hydrogens is 449 g/mol. The van der Waals surface area contributed by atoms with Crippen molar-refractivity contribution in [3.8, 4) is 5.75 Å². The fourth-order valence-corrected chi connectivity index (χ4v) is 3.12. The number of nitrogens with zero attached hydrogens (tertiary/aromatic N) is 1. The van der Waals surface area contributed by atoms with Gasteiger partial charge in [-0.25, -0.2) is 5.43 Å². The molecule has 2 amide bonds. The van der Waals surface area contributed by atoms with E-state index < -0.39 is 11.8 Å². The molecule has 32 heavy (non-hydrogen) atoms. The Morgan fingerprint density at radius 1 is 0.969 bits per heavy atom. The molecule has 0 unspecified atom stereocenters. The fourth-order valence-electron chi connectivity index (χ4n) is 2.66. The number of anilines is 1. The number of carbonyl (C=O) groups excluding carboxylic acids is 2. The molecule has 0 aliphatic heterocycles. The van der Waals surface area contributed by atoms with Gasteiger partial charge >= 0.3 is 0 Å². The van der Waals surface area contributed by atoms with Crippen LogP contribution >= 0.6 is 23.2 Å². The molecule has 0 saturated carbocycles. The lowest BCUT2D eigenvalue weighted by Gasteiger charge is -2.08. The standard InChI is InChI=1S/C24H21Cl2N3O3/c1-16-2-8-20(9-3-16)28-23(30)13-24(31)29-27-14-17-4-10-21(11-5-17)32-15-18-6-7-19(25)12-22(18)26/h2-12,14H,13,15H2,1H3,(H,28,30)(H,29,31). The number of rotatable bonds is 8. The van der Waals surface area contributed by atoms with E-state index in [4.69, 9.17) is 27.9 Å². The summed E-state index contributed by atoms with van der Waals surface area (Å²) in [5.41, 5.74) is 5.65. The van der Waals surface area contributed by atoms with Crippen LogP contribution in [0.2, 0.25) is 10.0 Å². The van der Waals surface area contributed by atoms with E-state index in [1.807, 2.05) is 25.1 Å². The molecule has 0 aliphatic rings. The third-order valence-corrected chi connectivity index (χ3v) is 4.94. The van der Waals surface area contributed by atoms with Crippen LogP contribution in [0.1, 0.15) is 23.1 Å². The first-order valence-corrected chi connectivity index (χ1v) is 10.5. The number of aryl methyl sites for hydroxylation is 1. The minimum absolute atomic E-state index is 0.310.